The van der Waals surface area contributed by atoms with Crippen molar-refractivity contribution in [3.63, 3.8) is 0 Å². The summed E-state index contributed by atoms with van der Waals surface area (Å²) in [7, 11) is 1.29. The molecule has 0 radical (unpaired) electrons. The van der Waals surface area contributed by atoms with Crippen LogP contribution >= 0.6 is 0 Å². The summed E-state index contributed by atoms with van der Waals surface area (Å²) in [6, 6.07) is 10.3. The number of carbonyl (C=O) groups is 1. The topological polar surface area (TPSA) is 50.2 Å². The number of alkyl halides is 3. The Morgan fingerprint density at radius 1 is 1.29 bits per heavy atom. The molecule has 1 amide bonds. The van der Waals surface area contributed by atoms with Crippen LogP contribution in [0.2, 0.25) is 0 Å². The fraction of sp³-hybridized carbons (Fsp3) is 0.500. The summed E-state index contributed by atoms with van der Waals surface area (Å²) in [6.07, 6.45) is 0.0756. The van der Waals surface area contributed by atoms with Gasteiger partial charge in [-0.1, -0.05) is 31.0 Å². The van der Waals surface area contributed by atoms with Gasteiger partial charge in [0.15, 0.2) is 0 Å². The molecular weight excluding hydrogens is 369 g/mol. The molecule has 0 saturated heterocycles. The Labute approximate surface area is 162 Å². The second-order valence-corrected chi connectivity index (χ2v) is 7.38. The number of aromatic nitrogens is 2. The zero-order chi connectivity index (χ0) is 20.3. The number of benzene rings is 1. The second kappa shape index (κ2) is 8.34. The lowest BCUT2D eigenvalue weighted by molar-refractivity contribution is -0.149. The first-order valence-corrected chi connectivity index (χ1v) is 9.48. The van der Waals surface area contributed by atoms with Gasteiger partial charge in [0.05, 0.1) is 24.0 Å². The number of amides is 1. The van der Waals surface area contributed by atoms with E-state index in [4.69, 9.17) is 0 Å². The summed E-state index contributed by atoms with van der Waals surface area (Å²) in [5.41, 5.74) is 1.70. The molecule has 3 rings (SSSR count). The zero-order valence-corrected chi connectivity index (χ0v) is 16.0. The zero-order valence-electron chi connectivity index (χ0n) is 16.0. The lowest BCUT2D eigenvalue weighted by atomic mass is 10.0. The van der Waals surface area contributed by atoms with E-state index < -0.39 is 24.7 Å². The van der Waals surface area contributed by atoms with Crippen molar-refractivity contribution in [2.75, 3.05) is 18.9 Å². The number of anilines is 1. The van der Waals surface area contributed by atoms with Gasteiger partial charge in [0.2, 0.25) is 5.91 Å². The fourth-order valence-electron chi connectivity index (χ4n) is 3.53. The Hall–Kier alpha value is -2.35. The third-order valence-electron chi connectivity index (χ3n) is 5.22. The van der Waals surface area contributed by atoms with Crippen LogP contribution < -0.4 is 5.32 Å². The molecule has 1 aromatic heterocycles. The lowest BCUT2D eigenvalue weighted by Crippen LogP contribution is -2.44. The van der Waals surface area contributed by atoms with Crippen molar-refractivity contribution in [2.24, 2.45) is 0 Å². The molecule has 2 aromatic rings. The molecule has 1 aromatic carbocycles. The van der Waals surface area contributed by atoms with Gasteiger partial charge in [-0.3, -0.25) is 9.69 Å². The number of hydrogen-bond acceptors (Lipinski definition) is 3. The molecule has 8 heteroatoms. The first-order chi connectivity index (χ1) is 13.2. The van der Waals surface area contributed by atoms with Gasteiger partial charge in [-0.05, 0) is 38.9 Å². The van der Waals surface area contributed by atoms with Crippen LogP contribution in [0.4, 0.5) is 19.0 Å². The van der Waals surface area contributed by atoms with Gasteiger partial charge < -0.3 is 5.32 Å². The van der Waals surface area contributed by atoms with Gasteiger partial charge in [-0.15, -0.1) is 0 Å². The van der Waals surface area contributed by atoms with Gasteiger partial charge in [0, 0.05) is 12.0 Å². The second-order valence-electron chi connectivity index (χ2n) is 7.38. The van der Waals surface area contributed by atoms with Crippen LogP contribution in [0.1, 0.15) is 44.2 Å². The molecule has 0 aliphatic heterocycles. The molecule has 1 fully saturated rings. The van der Waals surface area contributed by atoms with E-state index in [1.165, 1.54) is 14.0 Å². The number of hydrogen-bond donors (Lipinski definition) is 1. The molecule has 1 aliphatic carbocycles. The molecule has 1 aliphatic rings. The number of halogens is 3. The number of para-hydroxylation sites is 1. The lowest BCUT2D eigenvalue weighted by Gasteiger charge is -2.24. The fourth-order valence-corrected chi connectivity index (χ4v) is 3.53. The Bertz CT molecular complexity index is 798. The van der Waals surface area contributed by atoms with Gasteiger partial charge in [0.25, 0.3) is 0 Å². The van der Waals surface area contributed by atoms with Crippen molar-refractivity contribution in [1.82, 2.24) is 14.7 Å². The first-order valence-electron chi connectivity index (χ1n) is 9.48. The SMILES string of the molecule is CC(C(=O)Nc1cc(C2CCCC2)nn1-c1ccccc1)N(C)CC(F)(F)F. The maximum Gasteiger partial charge on any atom is 0.401 e. The largest absolute Gasteiger partial charge is 0.401 e. The summed E-state index contributed by atoms with van der Waals surface area (Å²) in [5, 5.41) is 7.46. The van der Waals surface area contributed by atoms with Crippen LogP contribution in [0.3, 0.4) is 0 Å². The average molecular weight is 394 g/mol. The number of rotatable bonds is 6. The highest BCUT2D eigenvalue weighted by atomic mass is 19.4. The van der Waals surface area contributed by atoms with Gasteiger partial charge in [-0.2, -0.15) is 18.3 Å². The Kier molecular flexibility index (Phi) is 6.07. The quantitative estimate of drug-likeness (QED) is 0.792. The third-order valence-corrected chi connectivity index (χ3v) is 5.22. The van der Waals surface area contributed by atoms with E-state index in [9.17, 15) is 18.0 Å². The van der Waals surface area contributed by atoms with E-state index in [0.29, 0.717) is 11.7 Å². The summed E-state index contributed by atoms with van der Waals surface area (Å²) < 4.78 is 39.5. The minimum atomic E-state index is -4.36. The molecule has 1 unspecified atom stereocenters. The Balaban J connectivity index is 1.82. The average Bonchev–Trinajstić information content (AvgIpc) is 3.30. The maximum atomic E-state index is 12.6. The Morgan fingerprint density at radius 2 is 1.93 bits per heavy atom. The standard InChI is InChI=1S/C20H25F3N4O/c1-14(26(2)13-20(21,22)23)19(28)24-18-12-17(15-8-6-7-9-15)25-27(18)16-10-4-3-5-11-16/h3-5,10-12,14-15H,6-9,13H2,1-2H3,(H,24,28). The molecule has 152 valence electrons. The normalized spacial score (nSPS) is 16.5. The van der Waals surface area contributed by atoms with Crippen LogP contribution in [-0.2, 0) is 4.79 Å². The monoisotopic (exact) mass is 394 g/mol. The summed E-state index contributed by atoms with van der Waals surface area (Å²) in [5.74, 6) is 0.332. The molecule has 0 spiro atoms. The molecule has 1 N–H and O–H groups in total. The van der Waals surface area contributed by atoms with Crippen LogP contribution in [0, 0.1) is 0 Å². The molecule has 0 bridgehead atoms. The first kappa shape index (κ1) is 20.4. The molecule has 1 atom stereocenters. The molecular formula is C20H25F3N4O. The predicted octanol–water partition coefficient (Wildman–Crippen LogP) is 4.35. The number of carbonyl (C=O) groups excluding carboxylic acids is 1. The smallest absolute Gasteiger partial charge is 0.309 e. The van der Waals surface area contributed by atoms with Crippen LogP contribution in [0.5, 0.6) is 0 Å². The summed E-state index contributed by atoms with van der Waals surface area (Å²) >= 11 is 0. The Morgan fingerprint density at radius 3 is 2.54 bits per heavy atom. The highest BCUT2D eigenvalue weighted by Crippen LogP contribution is 2.35. The van der Waals surface area contributed by atoms with Crippen molar-refractivity contribution < 1.29 is 18.0 Å². The maximum absolute atomic E-state index is 12.6. The van der Waals surface area contributed by atoms with Crippen molar-refractivity contribution in [3.8, 4) is 5.69 Å². The highest BCUT2D eigenvalue weighted by Gasteiger charge is 2.33. The van der Waals surface area contributed by atoms with Crippen LogP contribution in [-0.4, -0.2) is 46.4 Å². The van der Waals surface area contributed by atoms with E-state index in [0.717, 1.165) is 42.0 Å². The number of nitrogens with one attached hydrogen (secondary N) is 1. The molecule has 5 nitrogen and oxygen atoms in total. The number of likely N-dealkylation sites (N-methyl/N-ethyl adjacent to an activating group) is 1. The van der Waals surface area contributed by atoms with E-state index >= 15 is 0 Å². The van der Waals surface area contributed by atoms with Crippen molar-refractivity contribution in [2.45, 2.75) is 50.7 Å². The van der Waals surface area contributed by atoms with Crippen molar-refractivity contribution in [1.29, 1.82) is 0 Å². The highest BCUT2D eigenvalue weighted by molar-refractivity contribution is 5.94. The van der Waals surface area contributed by atoms with E-state index in [2.05, 4.69) is 10.4 Å². The summed E-state index contributed by atoms with van der Waals surface area (Å²) in [4.78, 5) is 13.6. The van der Waals surface area contributed by atoms with E-state index in [1.54, 1.807) is 4.68 Å². The third kappa shape index (κ3) is 4.92. The summed E-state index contributed by atoms with van der Waals surface area (Å²) in [6.45, 7) is 0.315. The van der Waals surface area contributed by atoms with Crippen molar-refractivity contribution >= 4 is 11.7 Å². The van der Waals surface area contributed by atoms with Crippen LogP contribution in [0.25, 0.3) is 5.69 Å². The van der Waals surface area contributed by atoms with Gasteiger partial charge in [-0.25, -0.2) is 4.68 Å². The van der Waals surface area contributed by atoms with Gasteiger partial charge in [0.1, 0.15) is 5.82 Å². The van der Waals surface area contributed by atoms with Crippen LogP contribution in [0.15, 0.2) is 36.4 Å². The minimum Gasteiger partial charge on any atom is -0.309 e. The van der Waals surface area contributed by atoms with Crippen molar-refractivity contribution in [3.05, 3.63) is 42.1 Å². The molecule has 28 heavy (non-hydrogen) atoms. The van der Waals surface area contributed by atoms with E-state index in [1.807, 2.05) is 36.4 Å². The molecule has 1 saturated carbocycles. The van der Waals surface area contributed by atoms with E-state index in [-0.39, 0.29) is 0 Å². The van der Waals surface area contributed by atoms with Gasteiger partial charge >= 0.3 is 6.18 Å². The molecule has 1 heterocycles. The number of nitrogens with zero attached hydrogens (tertiary/aromatic N) is 3. The minimum absolute atomic E-state index is 0.353. The predicted molar refractivity (Wildman–Crippen MR) is 102 cm³/mol.